The van der Waals surface area contributed by atoms with Gasteiger partial charge in [-0.2, -0.15) is 0 Å². The van der Waals surface area contributed by atoms with E-state index in [1.54, 1.807) is 18.5 Å². The first-order valence-corrected chi connectivity index (χ1v) is 6.43. The summed E-state index contributed by atoms with van der Waals surface area (Å²) >= 11 is 0. The number of allylic oxidation sites excluding steroid dienone is 1. The Morgan fingerprint density at radius 1 is 1.24 bits per heavy atom. The van der Waals surface area contributed by atoms with Crippen LogP contribution < -0.4 is 0 Å². The van der Waals surface area contributed by atoms with E-state index in [1.807, 2.05) is 0 Å². The lowest BCUT2D eigenvalue weighted by Gasteiger charge is -2.22. The minimum absolute atomic E-state index is 0.788. The van der Waals surface area contributed by atoms with Gasteiger partial charge in [-0.05, 0) is 24.0 Å². The van der Waals surface area contributed by atoms with E-state index < -0.39 is 0 Å². The van der Waals surface area contributed by atoms with Crippen LogP contribution in [0, 0.1) is 5.92 Å². The molecule has 1 aromatic rings. The van der Waals surface area contributed by atoms with Gasteiger partial charge in [-0.25, -0.2) is 0 Å². The molecule has 0 spiro atoms. The second kappa shape index (κ2) is 5.76. The van der Waals surface area contributed by atoms with Crippen molar-refractivity contribution in [3.8, 4) is 0 Å². The van der Waals surface area contributed by atoms with Crippen molar-refractivity contribution in [3.63, 3.8) is 0 Å². The van der Waals surface area contributed by atoms with Crippen LogP contribution in [0.4, 0.5) is 0 Å². The molecule has 1 heterocycles. The average molecular weight is 228 g/mol. The Balaban J connectivity index is 2.05. The Morgan fingerprint density at radius 3 is 2.65 bits per heavy atom. The zero-order valence-corrected chi connectivity index (χ0v) is 10.4. The smallest absolute Gasteiger partial charge is 0.0912 e. The predicted octanol–water partition coefficient (Wildman–Crippen LogP) is 4.10. The Kier molecular flexibility index (Phi) is 4.08. The topological polar surface area (TPSA) is 25.8 Å². The Hall–Kier alpha value is -1.44. The van der Waals surface area contributed by atoms with Gasteiger partial charge in [0.2, 0.25) is 0 Å². The van der Waals surface area contributed by atoms with Gasteiger partial charge in [0.05, 0.1) is 11.4 Å². The zero-order chi connectivity index (χ0) is 12.1. The minimum atomic E-state index is 0.788. The normalized spacial score (nSPS) is 16.7. The molecule has 2 heteroatoms. The van der Waals surface area contributed by atoms with Gasteiger partial charge in [-0.15, -0.1) is 0 Å². The number of aromatic nitrogens is 2. The molecule has 1 fully saturated rings. The summed E-state index contributed by atoms with van der Waals surface area (Å²) in [6.07, 6.45) is 13.0. The molecule has 1 aliphatic carbocycles. The molecule has 0 bridgehead atoms. The van der Waals surface area contributed by atoms with Crippen molar-refractivity contribution >= 4 is 11.6 Å². The lowest BCUT2D eigenvalue weighted by atomic mass is 9.84. The van der Waals surface area contributed by atoms with E-state index >= 15 is 0 Å². The van der Waals surface area contributed by atoms with E-state index in [-0.39, 0.29) is 0 Å². The molecule has 0 atom stereocenters. The molecule has 90 valence electrons. The molecule has 0 aromatic carbocycles. The largest absolute Gasteiger partial charge is 0.253 e. The summed E-state index contributed by atoms with van der Waals surface area (Å²) in [5, 5.41) is 0. The molecule has 17 heavy (non-hydrogen) atoms. The highest BCUT2D eigenvalue weighted by Crippen LogP contribution is 2.31. The number of hydrogen-bond acceptors (Lipinski definition) is 2. The lowest BCUT2D eigenvalue weighted by molar-refractivity contribution is 0.365. The number of rotatable bonds is 4. The fourth-order valence-corrected chi connectivity index (χ4v) is 2.61. The molecule has 1 aromatic heterocycles. The van der Waals surface area contributed by atoms with Gasteiger partial charge < -0.3 is 0 Å². The molecule has 1 saturated carbocycles. The molecule has 0 N–H and O–H groups in total. The second-order valence-corrected chi connectivity index (χ2v) is 4.81. The van der Waals surface area contributed by atoms with Gasteiger partial charge in [-0.3, -0.25) is 9.97 Å². The van der Waals surface area contributed by atoms with Crippen LogP contribution in [0.15, 0.2) is 25.6 Å². The molecular formula is C15H20N2. The highest BCUT2D eigenvalue weighted by atomic mass is 14.8. The van der Waals surface area contributed by atoms with E-state index in [0.717, 1.165) is 29.3 Å². The highest BCUT2D eigenvalue weighted by Gasteiger charge is 2.16. The van der Waals surface area contributed by atoms with Crippen LogP contribution in [0.1, 0.15) is 49.9 Å². The third-order valence-electron chi connectivity index (χ3n) is 3.51. The van der Waals surface area contributed by atoms with E-state index in [4.69, 9.17) is 0 Å². The van der Waals surface area contributed by atoms with Gasteiger partial charge in [0, 0.05) is 12.4 Å². The van der Waals surface area contributed by atoms with Crippen molar-refractivity contribution in [2.75, 3.05) is 0 Å². The van der Waals surface area contributed by atoms with Gasteiger partial charge in [0.15, 0.2) is 0 Å². The quantitative estimate of drug-likeness (QED) is 0.775. The average Bonchev–Trinajstić information content (AvgIpc) is 2.40. The maximum Gasteiger partial charge on any atom is 0.0912 e. The van der Waals surface area contributed by atoms with Crippen molar-refractivity contribution in [1.82, 2.24) is 9.97 Å². The van der Waals surface area contributed by atoms with Crippen LogP contribution in [0.25, 0.3) is 11.6 Å². The van der Waals surface area contributed by atoms with Gasteiger partial charge in [0.25, 0.3) is 0 Å². The SMILES string of the molecule is C=Cc1nccnc1C(=C)CC1CCCCC1. The predicted molar refractivity (Wildman–Crippen MR) is 72.3 cm³/mol. The van der Waals surface area contributed by atoms with Crippen LogP contribution in [0.5, 0.6) is 0 Å². The molecule has 1 aliphatic rings. The van der Waals surface area contributed by atoms with Crippen molar-refractivity contribution in [3.05, 3.63) is 36.9 Å². The fraction of sp³-hybridized carbons (Fsp3) is 0.467. The first-order chi connectivity index (χ1) is 8.31. The van der Waals surface area contributed by atoms with Crippen LogP contribution in [-0.2, 0) is 0 Å². The molecular weight excluding hydrogens is 208 g/mol. The Labute approximate surface area is 104 Å². The number of hydrogen-bond donors (Lipinski definition) is 0. The van der Waals surface area contributed by atoms with Gasteiger partial charge in [0.1, 0.15) is 0 Å². The summed E-state index contributed by atoms with van der Waals surface area (Å²) in [5.74, 6) is 0.788. The lowest BCUT2D eigenvalue weighted by Crippen LogP contribution is -2.07. The van der Waals surface area contributed by atoms with E-state index in [1.165, 1.54) is 32.1 Å². The standard InChI is InChI=1S/C15H20N2/c1-3-14-15(17-10-9-16-14)12(2)11-13-7-5-4-6-8-13/h3,9-10,13H,1-2,4-8,11H2. The fourth-order valence-electron chi connectivity index (χ4n) is 2.61. The van der Waals surface area contributed by atoms with Gasteiger partial charge in [-0.1, -0.05) is 45.3 Å². The van der Waals surface area contributed by atoms with Crippen molar-refractivity contribution in [1.29, 1.82) is 0 Å². The molecule has 2 rings (SSSR count). The third kappa shape index (κ3) is 3.02. The zero-order valence-electron chi connectivity index (χ0n) is 10.4. The minimum Gasteiger partial charge on any atom is -0.253 e. The van der Waals surface area contributed by atoms with Crippen LogP contribution in [0.2, 0.25) is 0 Å². The molecule has 0 saturated heterocycles. The van der Waals surface area contributed by atoms with E-state index in [0.29, 0.717) is 0 Å². The summed E-state index contributed by atoms with van der Waals surface area (Å²) in [6.45, 7) is 7.95. The molecule has 0 unspecified atom stereocenters. The Morgan fingerprint density at radius 2 is 1.94 bits per heavy atom. The molecule has 0 radical (unpaired) electrons. The maximum atomic E-state index is 4.38. The van der Waals surface area contributed by atoms with E-state index in [9.17, 15) is 0 Å². The van der Waals surface area contributed by atoms with Crippen LogP contribution >= 0.6 is 0 Å². The molecule has 2 nitrogen and oxygen atoms in total. The monoisotopic (exact) mass is 228 g/mol. The first-order valence-electron chi connectivity index (χ1n) is 6.43. The summed E-state index contributed by atoms with van der Waals surface area (Å²) in [5.41, 5.74) is 2.89. The first kappa shape index (κ1) is 12.0. The second-order valence-electron chi connectivity index (χ2n) is 4.81. The van der Waals surface area contributed by atoms with Crippen molar-refractivity contribution in [2.24, 2.45) is 5.92 Å². The van der Waals surface area contributed by atoms with Crippen LogP contribution in [0.3, 0.4) is 0 Å². The highest BCUT2D eigenvalue weighted by molar-refractivity contribution is 5.67. The maximum absolute atomic E-state index is 4.38. The van der Waals surface area contributed by atoms with Crippen molar-refractivity contribution in [2.45, 2.75) is 38.5 Å². The van der Waals surface area contributed by atoms with Crippen molar-refractivity contribution < 1.29 is 0 Å². The molecule has 0 aliphatic heterocycles. The summed E-state index contributed by atoms with van der Waals surface area (Å²) in [7, 11) is 0. The van der Waals surface area contributed by atoms with Crippen LogP contribution in [-0.4, -0.2) is 9.97 Å². The van der Waals surface area contributed by atoms with E-state index in [2.05, 4.69) is 23.1 Å². The molecule has 0 amide bonds. The summed E-state index contributed by atoms with van der Waals surface area (Å²) < 4.78 is 0. The third-order valence-corrected chi connectivity index (χ3v) is 3.51. The summed E-state index contributed by atoms with van der Waals surface area (Å²) in [6, 6.07) is 0. The number of nitrogens with zero attached hydrogens (tertiary/aromatic N) is 2. The Bertz CT molecular complexity index is 403. The summed E-state index contributed by atoms with van der Waals surface area (Å²) in [4.78, 5) is 8.65. The van der Waals surface area contributed by atoms with Gasteiger partial charge >= 0.3 is 0 Å².